The molecule has 96 valence electrons. The van der Waals surface area contributed by atoms with E-state index < -0.39 is 18.8 Å². The van der Waals surface area contributed by atoms with Gasteiger partial charge in [-0.05, 0) is 25.0 Å². The molecule has 2 atom stereocenters. The van der Waals surface area contributed by atoms with E-state index in [9.17, 15) is 13.2 Å². The van der Waals surface area contributed by atoms with Crippen molar-refractivity contribution in [1.82, 2.24) is 5.32 Å². The first-order valence-corrected chi connectivity index (χ1v) is 5.36. The predicted molar refractivity (Wildman–Crippen MR) is 59.7 cm³/mol. The van der Waals surface area contributed by atoms with Crippen LogP contribution < -0.4 is 5.32 Å². The molecule has 5 heteroatoms. The molecule has 0 aliphatic carbocycles. The van der Waals surface area contributed by atoms with E-state index in [0.29, 0.717) is 0 Å². The molecule has 0 amide bonds. The third-order valence-corrected chi connectivity index (χ3v) is 2.65. The highest BCUT2D eigenvalue weighted by Crippen LogP contribution is 2.21. The largest absolute Gasteiger partial charge is 0.415 e. The van der Waals surface area contributed by atoms with Crippen molar-refractivity contribution >= 4 is 0 Å². The normalized spacial score (nSPS) is 15.6. The lowest BCUT2D eigenvalue weighted by Crippen LogP contribution is -2.39. The second-order valence-electron chi connectivity index (χ2n) is 4.04. The van der Waals surface area contributed by atoms with Gasteiger partial charge in [-0.15, -0.1) is 0 Å². The van der Waals surface area contributed by atoms with Gasteiger partial charge in [-0.3, -0.25) is 0 Å². The van der Waals surface area contributed by atoms with Gasteiger partial charge >= 0.3 is 6.18 Å². The third-order valence-electron chi connectivity index (χ3n) is 2.65. The average molecular weight is 247 g/mol. The quantitative estimate of drug-likeness (QED) is 0.857. The molecule has 1 aromatic rings. The van der Waals surface area contributed by atoms with Gasteiger partial charge in [-0.1, -0.05) is 24.3 Å². The molecule has 17 heavy (non-hydrogen) atoms. The summed E-state index contributed by atoms with van der Waals surface area (Å²) in [6, 6.07) is 7.23. The molecule has 0 aliphatic rings. The molecular formula is C12H16F3NO. The van der Waals surface area contributed by atoms with E-state index in [4.69, 9.17) is 5.11 Å². The molecule has 0 saturated carbocycles. The fourth-order valence-corrected chi connectivity index (χ4v) is 1.59. The standard InChI is InChI=1S/C12H16F3NO/c1-8-5-3-4-6-10(8)9(2)16-7-11(17)12(13,14)15/h3-6,9,11,16-17H,7H2,1-2H3/t9-,11?/m1/s1. The van der Waals surface area contributed by atoms with Crippen molar-refractivity contribution in [3.05, 3.63) is 35.4 Å². The van der Waals surface area contributed by atoms with Crippen LogP contribution in [-0.4, -0.2) is 23.9 Å². The molecule has 0 radical (unpaired) electrons. The zero-order valence-electron chi connectivity index (χ0n) is 9.75. The van der Waals surface area contributed by atoms with Crippen molar-refractivity contribution in [2.45, 2.75) is 32.2 Å². The molecule has 0 aliphatic heterocycles. The van der Waals surface area contributed by atoms with Gasteiger partial charge in [0.25, 0.3) is 0 Å². The molecule has 2 N–H and O–H groups in total. The third kappa shape index (κ3) is 4.02. The number of halogens is 3. The molecule has 0 fully saturated rings. The van der Waals surface area contributed by atoms with Crippen LogP contribution >= 0.6 is 0 Å². The first kappa shape index (κ1) is 14.0. The van der Waals surface area contributed by atoms with Crippen LogP contribution in [0.25, 0.3) is 0 Å². The van der Waals surface area contributed by atoms with Crippen molar-refractivity contribution in [2.24, 2.45) is 0 Å². The number of nitrogens with one attached hydrogen (secondary N) is 1. The first-order chi connectivity index (χ1) is 7.82. The summed E-state index contributed by atoms with van der Waals surface area (Å²) in [6.45, 7) is 3.16. The van der Waals surface area contributed by atoms with Gasteiger partial charge in [-0.2, -0.15) is 13.2 Å². The van der Waals surface area contributed by atoms with Crippen LogP contribution in [0.5, 0.6) is 0 Å². The first-order valence-electron chi connectivity index (χ1n) is 5.36. The molecule has 2 nitrogen and oxygen atoms in total. The van der Waals surface area contributed by atoms with Gasteiger partial charge in [0.05, 0.1) is 0 Å². The summed E-state index contributed by atoms with van der Waals surface area (Å²) in [7, 11) is 0. The number of aliphatic hydroxyl groups is 1. The topological polar surface area (TPSA) is 32.3 Å². The Labute approximate surface area is 98.5 Å². The number of hydrogen-bond donors (Lipinski definition) is 2. The summed E-state index contributed by atoms with van der Waals surface area (Å²) in [5.74, 6) is 0. The predicted octanol–water partition coefficient (Wildman–Crippen LogP) is 2.57. The zero-order valence-corrected chi connectivity index (χ0v) is 9.75. The van der Waals surface area contributed by atoms with Crippen LogP contribution in [0.2, 0.25) is 0 Å². The summed E-state index contributed by atoms with van der Waals surface area (Å²) in [5, 5.41) is 11.5. The molecular weight excluding hydrogens is 231 g/mol. The average Bonchev–Trinajstić information content (AvgIpc) is 2.24. The Kier molecular flexibility index (Phi) is 4.54. The maximum Gasteiger partial charge on any atom is 0.415 e. The number of aliphatic hydroxyl groups excluding tert-OH is 1. The maximum atomic E-state index is 12.1. The Hall–Kier alpha value is -1.07. The van der Waals surface area contributed by atoms with Crippen LogP contribution in [0.3, 0.4) is 0 Å². The maximum absolute atomic E-state index is 12.1. The second-order valence-corrected chi connectivity index (χ2v) is 4.04. The van der Waals surface area contributed by atoms with Crippen molar-refractivity contribution in [3.63, 3.8) is 0 Å². The van der Waals surface area contributed by atoms with E-state index >= 15 is 0 Å². The van der Waals surface area contributed by atoms with Crippen LogP contribution in [0.1, 0.15) is 24.1 Å². The van der Waals surface area contributed by atoms with E-state index in [1.54, 1.807) is 6.92 Å². The number of hydrogen-bond acceptors (Lipinski definition) is 2. The Bertz CT molecular complexity index is 365. The molecule has 0 bridgehead atoms. The van der Waals surface area contributed by atoms with Crippen LogP contribution in [0.4, 0.5) is 13.2 Å². The smallest absolute Gasteiger partial charge is 0.382 e. The summed E-state index contributed by atoms with van der Waals surface area (Å²) in [6.07, 6.45) is -6.90. The van der Waals surface area contributed by atoms with Gasteiger partial charge in [0.2, 0.25) is 0 Å². The highest BCUT2D eigenvalue weighted by atomic mass is 19.4. The van der Waals surface area contributed by atoms with Crippen molar-refractivity contribution in [3.8, 4) is 0 Å². The number of aryl methyl sites for hydroxylation is 1. The Balaban J connectivity index is 2.57. The molecule has 1 aromatic carbocycles. The lowest BCUT2D eigenvalue weighted by atomic mass is 10.0. The minimum atomic E-state index is -4.57. The Morgan fingerprint density at radius 1 is 1.29 bits per heavy atom. The van der Waals surface area contributed by atoms with Gasteiger partial charge in [-0.25, -0.2) is 0 Å². The van der Waals surface area contributed by atoms with Crippen LogP contribution in [0, 0.1) is 6.92 Å². The molecule has 1 unspecified atom stereocenters. The second kappa shape index (κ2) is 5.51. The number of alkyl halides is 3. The number of benzene rings is 1. The highest BCUT2D eigenvalue weighted by Gasteiger charge is 2.37. The fourth-order valence-electron chi connectivity index (χ4n) is 1.59. The van der Waals surface area contributed by atoms with Crippen molar-refractivity contribution in [1.29, 1.82) is 0 Å². The molecule has 1 rings (SSSR count). The van der Waals surface area contributed by atoms with Crippen molar-refractivity contribution < 1.29 is 18.3 Å². The van der Waals surface area contributed by atoms with E-state index in [1.165, 1.54) is 0 Å². The summed E-state index contributed by atoms with van der Waals surface area (Å²) in [5.41, 5.74) is 1.94. The fraction of sp³-hybridized carbons (Fsp3) is 0.500. The van der Waals surface area contributed by atoms with Gasteiger partial charge in [0.15, 0.2) is 6.10 Å². The summed E-state index contributed by atoms with van der Waals surface area (Å²) < 4.78 is 36.3. The SMILES string of the molecule is Cc1ccccc1[C@@H](C)NCC(O)C(F)(F)F. The number of rotatable bonds is 4. The van der Waals surface area contributed by atoms with Crippen LogP contribution in [-0.2, 0) is 0 Å². The van der Waals surface area contributed by atoms with E-state index in [-0.39, 0.29) is 6.04 Å². The minimum absolute atomic E-state index is 0.229. The Morgan fingerprint density at radius 3 is 2.41 bits per heavy atom. The van der Waals surface area contributed by atoms with Gasteiger partial charge in [0.1, 0.15) is 0 Å². The Morgan fingerprint density at radius 2 is 1.88 bits per heavy atom. The zero-order chi connectivity index (χ0) is 13.1. The van der Waals surface area contributed by atoms with E-state index in [2.05, 4.69) is 5.32 Å². The van der Waals surface area contributed by atoms with E-state index in [1.807, 2.05) is 31.2 Å². The lowest BCUT2D eigenvalue weighted by molar-refractivity contribution is -0.202. The van der Waals surface area contributed by atoms with Crippen molar-refractivity contribution in [2.75, 3.05) is 6.54 Å². The molecule has 0 heterocycles. The highest BCUT2D eigenvalue weighted by molar-refractivity contribution is 5.28. The van der Waals surface area contributed by atoms with Gasteiger partial charge < -0.3 is 10.4 Å². The minimum Gasteiger partial charge on any atom is -0.382 e. The molecule has 0 saturated heterocycles. The molecule has 0 spiro atoms. The van der Waals surface area contributed by atoms with Crippen LogP contribution in [0.15, 0.2) is 24.3 Å². The summed E-state index contributed by atoms with van der Waals surface area (Å²) >= 11 is 0. The monoisotopic (exact) mass is 247 g/mol. The van der Waals surface area contributed by atoms with Gasteiger partial charge in [0, 0.05) is 12.6 Å². The van der Waals surface area contributed by atoms with E-state index in [0.717, 1.165) is 11.1 Å². The lowest BCUT2D eigenvalue weighted by Gasteiger charge is -2.20. The molecule has 0 aromatic heterocycles. The summed E-state index contributed by atoms with van der Waals surface area (Å²) in [4.78, 5) is 0.